The van der Waals surface area contributed by atoms with Crippen LogP contribution in [0.3, 0.4) is 0 Å². The second-order valence-electron chi connectivity index (χ2n) is 5.75. The molecule has 3 aromatic rings. The Morgan fingerprint density at radius 2 is 1.67 bits per heavy atom. The number of hydrogen-bond donors (Lipinski definition) is 2. The molecule has 0 aliphatic carbocycles. The Bertz CT molecular complexity index is 895. The van der Waals surface area contributed by atoms with E-state index in [0.717, 1.165) is 26.8 Å². The SMILES string of the molecule is O=C(Cc1ccsc1)NNC(=O)c1ccc(CSc2ccc(Cl)cc2)cc1. The topological polar surface area (TPSA) is 58.2 Å². The Morgan fingerprint density at radius 3 is 2.33 bits per heavy atom. The first-order valence-electron chi connectivity index (χ1n) is 8.18. The molecular weight excluding hydrogens is 400 g/mol. The minimum atomic E-state index is -0.342. The zero-order valence-corrected chi connectivity index (χ0v) is 16.7. The van der Waals surface area contributed by atoms with Gasteiger partial charge in [-0.25, -0.2) is 0 Å². The van der Waals surface area contributed by atoms with Crippen LogP contribution in [0, 0.1) is 0 Å². The highest BCUT2D eigenvalue weighted by molar-refractivity contribution is 7.98. The number of hydrazine groups is 1. The highest BCUT2D eigenvalue weighted by Gasteiger charge is 2.08. The van der Waals surface area contributed by atoms with Crippen LogP contribution < -0.4 is 10.9 Å². The van der Waals surface area contributed by atoms with Crippen molar-refractivity contribution in [1.82, 2.24) is 10.9 Å². The van der Waals surface area contributed by atoms with Crippen LogP contribution in [0.1, 0.15) is 21.5 Å². The van der Waals surface area contributed by atoms with Crippen molar-refractivity contribution in [1.29, 1.82) is 0 Å². The largest absolute Gasteiger partial charge is 0.273 e. The second kappa shape index (κ2) is 9.60. The number of benzene rings is 2. The van der Waals surface area contributed by atoms with Gasteiger partial charge in [0.1, 0.15) is 0 Å². The fourth-order valence-electron chi connectivity index (χ4n) is 2.27. The lowest BCUT2D eigenvalue weighted by molar-refractivity contribution is -0.121. The molecule has 7 heteroatoms. The van der Waals surface area contributed by atoms with E-state index in [9.17, 15) is 9.59 Å². The van der Waals surface area contributed by atoms with Gasteiger partial charge < -0.3 is 0 Å². The Hall–Kier alpha value is -2.28. The fourth-order valence-corrected chi connectivity index (χ4v) is 3.92. The van der Waals surface area contributed by atoms with Crippen molar-refractivity contribution in [2.75, 3.05) is 0 Å². The smallest absolute Gasteiger partial charge is 0.269 e. The van der Waals surface area contributed by atoms with E-state index in [1.54, 1.807) is 23.9 Å². The molecule has 3 rings (SSSR count). The molecule has 0 saturated carbocycles. The van der Waals surface area contributed by atoms with E-state index in [4.69, 9.17) is 11.6 Å². The number of carbonyl (C=O) groups is 2. The van der Waals surface area contributed by atoms with Crippen LogP contribution in [0.15, 0.2) is 70.3 Å². The van der Waals surface area contributed by atoms with Crippen LogP contribution in [0.25, 0.3) is 0 Å². The number of halogens is 1. The maximum atomic E-state index is 12.1. The Morgan fingerprint density at radius 1 is 0.926 bits per heavy atom. The summed E-state index contributed by atoms with van der Waals surface area (Å²) in [6.07, 6.45) is 0.241. The van der Waals surface area contributed by atoms with Crippen LogP contribution in [-0.4, -0.2) is 11.8 Å². The normalized spacial score (nSPS) is 10.4. The second-order valence-corrected chi connectivity index (χ2v) is 8.02. The van der Waals surface area contributed by atoms with Crippen LogP contribution in [-0.2, 0) is 17.0 Å². The zero-order valence-electron chi connectivity index (χ0n) is 14.3. The van der Waals surface area contributed by atoms with E-state index >= 15 is 0 Å². The van der Waals surface area contributed by atoms with E-state index in [1.807, 2.05) is 53.2 Å². The lowest BCUT2D eigenvalue weighted by atomic mass is 10.1. The van der Waals surface area contributed by atoms with Gasteiger partial charge in [-0.05, 0) is 64.4 Å². The Labute approximate surface area is 170 Å². The van der Waals surface area contributed by atoms with Crippen LogP contribution in [0.2, 0.25) is 5.02 Å². The molecule has 2 N–H and O–H groups in total. The minimum Gasteiger partial charge on any atom is -0.273 e. The number of amides is 2. The molecule has 0 fully saturated rings. The van der Waals surface area contributed by atoms with Crippen molar-refractivity contribution >= 4 is 46.5 Å². The summed E-state index contributed by atoms with van der Waals surface area (Å²) in [5.41, 5.74) is 7.40. The fraction of sp³-hybridized carbons (Fsp3) is 0.100. The first kappa shape index (κ1) is 19.5. The third-order valence-corrected chi connectivity index (χ3v) is 5.76. The van der Waals surface area contributed by atoms with Gasteiger partial charge in [0.25, 0.3) is 5.91 Å². The summed E-state index contributed by atoms with van der Waals surface area (Å²) in [4.78, 5) is 25.1. The molecule has 138 valence electrons. The third kappa shape index (κ3) is 6.13. The lowest BCUT2D eigenvalue weighted by Gasteiger charge is -2.08. The van der Waals surface area contributed by atoms with Gasteiger partial charge in [-0.15, -0.1) is 11.8 Å². The van der Waals surface area contributed by atoms with Crippen molar-refractivity contribution in [3.8, 4) is 0 Å². The maximum absolute atomic E-state index is 12.1. The molecule has 0 spiro atoms. The average Bonchev–Trinajstić information content (AvgIpc) is 3.19. The molecule has 4 nitrogen and oxygen atoms in total. The van der Waals surface area contributed by atoms with Crippen LogP contribution in [0.5, 0.6) is 0 Å². The molecule has 0 unspecified atom stereocenters. The summed E-state index contributed by atoms with van der Waals surface area (Å²) in [6.45, 7) is 0. The summed E-state index contributed by atoms with van der Waals surface area (Å²) >= 11 is 9.11. The predicted molar refractivity (Wildman–Crippen MR) is 111 cm³/mol. The number of carbonyl (C=O) groups excluding carboxylic acids is 2. The van der Waals surface area contributed by atoms with Crippen molar-refractivity contribution in [2.45, 2.75) is 17.1 Å². The van der Waals surface area contributed by atoms with Crippen LogP contribution in [0.4, 0.5) is 0 Å². The van der Waals surface area contributed by atoms with Gasteiger partial charge in [0.2, 0.25) is 5.91 Å². The van der Waals surface area contributed by atoms with Gasteiger partial charge in [-0.1, -0.05) is 23.7 Å². The summed E-state index contributed by atoms with van der Waals surface area (Å²) in [5, 5.41) is 4.54. The van der Waals surface area contributed by atoms with E-state index in [0.29, 0.717) is 5.56 Å². The van der Waals surface area contributed by atoms with E-state index in [1.165, 1.54) is 11.3 Å². The molecule has 1 heterocycles. The maximum Gasteiger partial charge on any atom is 0.269 e. The molecule has 0 saturated heterocycles. The van der Waals surface area contributed by atoms with Gasteiger partial charge in [0.15, 0.2) is 0 Å². The van der Waals surface area contributed by atoms with E-state index in [2.05, 4.69) is 10.9 Å². The first-order valence-corrected chi connectivity index (χ1v) is 10.5. The summed E-state index contributed by atoms with van der Waals surface area (Å²) in [7, 11) is 0. The van der Waals surface area contributed by atoms with Gasteiger partial charge in [0, 0.05) is 21.2 Å². The summed E-state index contributed by atoms with van der Waals surface area (Å²) in [6, 6.07) is 16.9. The summed E-state index contributed by atoms with van der Waals surface area (Å²) < 4.78 is 0. The zero-order chi connectivity index (χ0) is 19.1. The highest BCUT2D eigenvalue weighted by Crippen LogP contribution is 2.24. The molecule has 0 radical (unpaired) electrons. The van der Waals surface area contributed by atoms with Crippen molar-refractivity contribution in [3.05, 3.63) is 87.1 Å². The van der Waals surface area contributed by atoms with Crippen molar-refractivity contribution in [2.24, 2.45) is 0 Å². The monoisotopic (exact) mass is 416 g/mol. The molecule has 1 aromatic heterocycles. The lowest BCUT2D eigenvalue weighted by Crippen LogP contribution is -2.42. The number of thioether (sulfide) groups is 1. The van der Waals surface area contributed by atoms with Gasteiger partial charge >= 0.3 is 0 Å². The first-order chi connectivity index (χ1) is 13.1. The molecule has 0 atom stereocenters. The van der Waals surface area contributed by atoms with Gasteiger partial charge in [-0.2, -0.15) is 11.3 Å². The number of rotatable bonds is 6. The quantitative estimate of drug-likeness (QED) is 0.452. The average molecular weight is 417 g/mol. The molecular formula is C20H17ClN2O2S2. The molecule has 0 aliphatic heterocycles. The molecule has 0 aliphatic rings. The van der Waals surface area contributed by atoms with Crippen molar-refractivity contribution in [3.63, 3.8) is 0 Å². The Kier molecular flexibility index (Phi) is 6.92. The van der Waals surface area contributed by atoms with Gasteiger partial charge in [0.05, 0.1) is 6.42 Å². The molecule has 0 bridgehead atoms. The molecule has 2 amide bonds. The van der Waals surface area contributed by atoms with E-state index in [-0.39, 0.29) is 18.2 Å². The predicted octanol–water partition coefficient (Wildman–Crippen LogP) is 4.70. The Balaban J connectivity index is 1.46. The third-order valence-electron chi connectivity index (χ3n) is 3.70. The minimum absolute atomic E-state index is 0.241. The number of thiophene rings is 1. The summed E-state index contributed by atoms with van der Waals surface area (Å²) in [5.74, 6) is 0.198. The molecule has 27 heavy (non-hydrogen) atoms. The van der Waals surface area contributed by atoms with Gasteiger partial charge in [-0.3, -0.25) is 20.4 Å². The standard InChI is InChI=1S/C20H17ClN2O2S2/c21-17-5-7-18(8-6-17)27-13-14-1-3-16(4-2-14)20(25)23-22-19(24)11-15-9-10-26-12-15/h1-10,12H,11,13H2,(H,22,24)(H,23,25). The van der Waals surface area contributed by atoms with E-state index < -0.39 is 0 Å². The van der Waals surface area contributed by atoms with Crippen LogP contribution >= 0.6 is 34.7 Å². The number of nitrogens with one attached hydrogen (secondary N) is 2. The highest BCUT2D eigenvalue weighted by atomic mass is 35.5. The molecule has 2 aromatic carbocycles. The number of hydrogen-bond acceptors (Lipinski definition) is 4. The van der Waals surface area contributed by atoms with Crippen molar-refractivity contribution < 1.29 is 9.59 Å².